The van der Waals surface area contributed by atoms with Crippen LogP contribution in [0.15, 0.2) is 24.4 Å². The molecule has 42 heavy (non-hydrogen) atoms. The maximum absolute atomic E-state index is 12.5. The molecule has 0 bridgehead atoms. The highest BCUT2D eigenvalue weighted by Crippen LogP contribution is 2.53. The summed E-state index contributed by atoms with van der Waals surface area (Å²) in [6, 6.07) is 4.06. The minimum atomic E-state index is -5.24. The van der Waals surface area contributed by atoms with Crippen molar-refractivity contribution in [2.75, 3.05) is 18.5 Å². The largest absolute Gasteiger partial charge is 0.477 e. The van der Waals surface area contributed by atoms with Crippen LogP contribution >= 0.6 is 19.2 Å². The van der Waals surface area contributed by atoms with Gasteiger partial charge in [0.2, 0.25) is 5.28 Å². The van der Waals surface area contributed by atoms with Crippen LogP contribution in [0.1, 0.15) is 48.1 Å². The quantitative estimate of drug-likeness (QED) is 0.114. The SMILES string of the molecule is O=C(O)c1cccc(C[C@@](CO)(OC[C@H]2O[C@@H](n3ncc4c(NC5CCCC5)nc(Cl)nc43)[C@H](O)[C@@H]2O)P(=O)(O)O)n1. The fraction of sp³-hybridized carbons (Fsp3) is 0.542. The van der Waals surface area contributed by atoms with Crippen molar-refractivity contribution >= 4 is 42.0 Å². The maximum atomic E-state index is 12.5. The van der Waals surface area contributed by atoms with Crippen LogP contribution in [0.2, 0.25) is 5.28 Å². The third-order valence-corrected chi connectivity index (χ3v) is 9.14. The second-order valence-corrected chi connectivity index (χ2v) is 12.5. The molecule has 5 rings (SSSR count). The van der Waals surface area contributed by atoms with E-state index in [9.17, 15) is 39.6 Å². The number of aromatic nitrogens is 5. The number of aliphatic hydroxyl groups excluding tert-OH is 3. The van der Waals surface area contributed by atoms with Gasteiger partial charge >= 0.3 is 13.6 Å². The first-order valence-electron chi connectivity index (χ1n) is 13.1. The van der Waals surface area contributed by atoms with Crippen LogP contribution in [0.25, 0.3) is 11.0 Å². The molecule has 3 aromatic heterocycles. The normalized spacial score (nSPS) is 24.7. The van der Waals surface area contributed by atoms with E-state index in [4.69, 9.17) is 21.1 Å². The van der Waals surface area contributed by atoms with Crippen LogP contribution in [-0.2, 0) is 20.5 Å². The van der Waals surface area contributed by atoms with E-state index in [1.807, 2.05) is 0 Å². The van der Waals surface area contributed by atoms with Gasteiger partial charge in [-0.3, -0.25) is 4.57 Å². The predicted octanol–water partition coefficient (Wildman–Crippen LogP) is 0.672. The Hall–Kier alpha value is -2.79. The Balaban J connectivity index is 1.36. The van der Waals surface area contributed by atoms with Gasteiger partial charge < -0.3 is 45.0 Å². The van der Waals surface area contributed by atoms with E-state index < -0.39 is 63.1 Å². The van der Waals surface area contributed by atoms with Gasteiger partial charge in [-0.05, 0) is 36.6 Å². The number of aromatic carboxylic acids is 1. The van der Waals surface area contributed by atoms with Gasteiger partial charge in [-0.2, -0.15) is 15.1 Å². The molecule has 0 spiro atoms. The third kappa shape index (κ3) is 6.00. The first kappa shape index (κ1) is 30.7. The Morgan fingerprint density at radius 2 is 1.93 bits per heavy atom. The van der Waals surface area contributed by atoms with Gasteiger partial charge in [0, 0.05) is 18.2 Å². The number of halogens is 1. The number of nitrogens with one attached hydrogen (secondary N) is 1. The van der Waals surface area contributed by atoms with Crippen molar-refractivity contribution in [2.24, 2.45) is 0 Å². The van der Waals surface area contributed by atoms with E-state index >= 15 is 0 Å². The van der Waals surface area contributed by atoms with E-state index in [0.717, 1.165) is 25.7 Å². The molecular formula is C24H30ClN6O10P. The molecule has 1 aliphatic carbocycles. The summed E-state index contributed by atoms with van der Waals surface area (Å²) in [6.45, 7) is -1.86. The molecule has 0 radical (unpaired) electrons. The van der Waals surface area contributed by atoms with Gasteiger partial charge in [0.05, 0.1) is 24.8 Å². The van der Waals surface area contributed by atoms with E-state index in [-0.39, 0.29) is 28.4 Å². The molecule has 1 saturated carbocycles. The molecule has 1 saturated heterocycles. The van der Waals surface area contributed by atoms with Gasteiger partial charge in [0.1, 0.15) is 29.8 Å². The third-order valence-electron chi connectivity index (χ3n) is 7.48. The van der Waals surface area contributed by atoms with Crippen LogP contribution in [0.3, 0.4) is 0 Å². The Labute approximate surface area is 243 Å². The minimum absolute atomic E-state index is 0.0698. The Bertz CT molecular complexity index is 1500. The summed E-state index contributed by atoms with van der Waals surface area (Å²) in [5.74, 6) is -0.892. The van der Waals surface area contributed by atoms with Crippen LogP contribution in [0, 0.1) is 0 Å². The number of carboxylic acids is 1. The molecule has 0 aromatic carbocycles. The molecule has 1 aliphatic heterocycles. The number of fused-ring (bicyclic) bond motifs is 1. The molecule has 7 N–H and O–H groups in total. The summed E-state index contributed by atoms with van der Waals surface area (Å²) in [7, 11) is -5.24. The van der Waals surface area contributed by atoms with Gasteiger partial charge in [0.15, 0.2) is 17.2 Å². The van der Waals surface area contributed by atoms with Crippen LogP contribution in [0.5, 0.6) is 0 Å². The molecule has 4 heterocycles. The number of anilines is 1. The number of hydrogen-bond acceptors (Lipinski definition) is 12. The van der Waals surface area contributed by atoms with E-state index in [2.05, 4.69) is 25.4 Å². The number of ether oxygens (including phenoxy) is 2. The zero-order chi connectivity index (χ0) is 30.2. The summed E-state index contributed by atoms with van der Waals surface area (Å²) in [4.78, 5) is 43.9. The summed E-state index contributed by atoms with van der Waals surface area (Å²) in [5.41, 5.74) is -0.222. The zero-order valence-corrected chi connectivity index (χ0v) is 23.7. The molecule has 5 atom stereocenters. The molecule has 18 heteroatoms. The second-order valence-electron chi connectivity index (χ2n) is 10.3. The summed E-state index contributed by atoms with van der Waals surface area (Å²) in [6.07, 6.45) is -0.838. The lowest BCUT2D eigenvalue weighted by atomic mass is 10.1. The van der Waals surface area contributed by atoms with E-state index in [1.54, 1.807) is 0 Å². The van der Waals surface area contributed by atoms with Gasteiger partial charge in [-0.1, -0.05) is 18.9 Å². The van der Waals surface area contributed by atoms with Crippen molar-refractivity contribution in [3.63, 3.8) is 0 Å². The lowest BCUT2D eigenvalue weighted by molar-refractivity contribution is -0.109. The highest BCUT2D eigenvalue weighted by Gasteiger charge is 2.51. The molecule has 2 aliphatic rings. The van der Waals surface area contributed by atoms with Crippen molar-refractivity contribution in [3.8, 4) is 0 Å². The first-order chi connectivity index (χ1) is 19.9. The zero-order valence-electron chi connectivity index (χ0n) is 22.0. The van der Waals surface area contributed by atoms with Crippen molar-refractivity contribution in [2.45, 2.75) is 68.0 Å². The Morgan fingerprint density at radius 3 is 2.60 bits per heavy atom. The van der Waals surface area contributed by atoms with Gasteiger partial charge in [-0.25, -0.2) is 14.5 Å². The fourth-order valence-electron chi connectivity index (χ4n) is 5.18. The Kier molecular flexibility index (Phi) is 8.81. The van der Waals surface area contributed by atoms with E-state index in [0.29, 0.717) is 11.2 Å². The smallest absolute Gasteiger partial charge is 0.359 e. The average molecular weight is 629 g/mol. The number of rotatable bonds is 11. The summed E-state index contributed by atoms with van der Waals surface area (Å²) in [5, 5.41) is 46.4. The first-order valence-corrected chi connectivity index (χ1v) is 15.1. The number of carbonyl (C=O) groups is 1. The van der Waals surface area contributed by atoms with E-state index in [1.165, 1.54) is 29.1 Å². The number of nitrogens with zero attached hydrogens (tertiary/aromatic N) is 5. The van der Waals surface area contributed by atoms with Crippen LogP contribution < -0.4 is 5.32 Å². The number of carboxylic acid groups (broad SMARTS) is 1. The predicted molar refractivity (Wildman–Crippen MR) is 145 cm³/mol. The number of aliphatic hydroxyl groups is 3. The summed E-state index contributed by atoms with van der Waals surface area (Å²) < 4.78 is 25.1. The second kappa shape index (κ2) is 12.1. The van der Waals surface area contributed by atoms with Crippen molar-refractivity contribution in [1.29, 1.82) is 0 Å². The topological polar surface area (TPSA) is 242 Å². The lowest BCUT2D eigenvalue weighted by Gasteiger charge is -2.33. The highest BCUT2D eigenvalue weighted by atomic mass is 35.5. The molecule has 0 unspecified atom stereocenters. The maximum Gasteiger partial charge on any atom is 0.359 e. The minimum Gasteiger partial charge on any atom is -0.477 e. The number of hydrogen-bond donors (Lipinski definition) is 7. The van der Waals surface area contributed by atoms with Crippen molar-refractivity contribution in [1.82, 2.24) is 24.7 Å². The molecule has 3 aromatic rings. The fourth-order valence-corrected chi connectivity index (χ4v) is 6.14. The monoisotopic (exact) mass is 628 g/mol. The molecule has 0 amide bonds. The van der Waals surface area contributed by atoms with Gasteiger partial charge in [0.25, 0.3) is 0 Å². The van der Waals surface area contributed by atoms with Crippen molar-refractivity contribution < 1.29 is 49.0 Å². The van der Waals surface area contributed by atoms with Crippen molar-refractivity contribution in [3.05, 3.63) is 41.1 Å². The molecule has 2 fully saturated rings. The molecular weight excluding hydrogens is 599 g/mol. The standard InChI is InChI=1S/C24H30ClN6O10P/c25-23-29-19(28-12-4-1-2-5-12)14-9-26-31(20(14)30-23)21-18(34)17(33)16(41-21)10-40-24(11-32,42(37,38)39)8-13-6-3-7-15(27-13)22(35)36/h3,6-7,9,12,16-18,21,32-34H,1-2,4-5,8,10-11H2,(H,35,36)(H,28,29,30)(H2,37,38,39)/t16-,17-,18-,21-,24-/m1/s1. The average Bonchev–Trinajstić information content (AvgIpc) is 3.67. The molecule has 228 valence electrons. The summed E-state index contributed by atoms with van der Waals surface area (Å²) >= 11 is 6.18. The highest BCUT2D eigenvalue weighted by molar-refractivity contribution is 7.53. The van der Waals surface area contributed by atoms with Crippen LogP contribution in [0.4, 0.5) is 5.82 Å². The van der Waals surface area contributed by atoms with Crippen LogP contribution in [-0.4, -0.2) is 104 Å². The molecule has 16 nitrogen and oxygen atoms in total. The Morgan fingerprint density at radius 1 is 1.19 bits per heavy atom. The lowest BCUT2D eigenvalue weighted by Crippen LogP contribution is -2.43. The number of pyridine rings is 1. The van der Waals surface area contributed by atoms with Gasteiger partial charge in [-0.15, -0.1) is 0 Å².